The molecule has 1 N–H and O–H groups in total. The van der Waals surface area contributed by atoms with Gasteiger partial charge in [-0.2, -0.15) is 0 Å². The fourth-order valence-electron chi connectivity index (χ4n) is 2.19. The highest BCUT2D eigenvalue weighted by Gasteiger charge is 2.42. The summed E-state index contributed by atoms with van der Waals surface area (Å²) in [5, 5.41) is 3.52. The van der Waals surface area contributed by atoms with Crippen LogP contribution in [0, 0.1) is 5.92 Å². The molecule has 0 aromatic heterocycles. The van der Waals surface area contributed by atoms with Gasteiger partial charge >= 0.3 is 0 Å². The zero-order valence-corrected chi connectivity index (χ0v) is 6.11. The van der Waals surface area contributed by atoms with Gasteiger partial charge in [-0.1, -0.05) is 12.8 Å². The van der Waals surface area contributed by atoms with Crippen LogP contribution in [0.2, 0.25) is 0 Å². The molecule has 0 aromatic carbocycles. The summed E-state index contributed by atoms with van der Waals surface area (Å²) in [5.74, 6) is 1.02. The minimum atomic E-state index is 0.568. The standard InChI is InChI=1S/C8H15N/c1-8-5-3-2-4-7(8)6-9-8/h7,9H,2-6H2,1H3/t7-,8-/m1/s1. The summed E-state index contributed by atoms with van der Waals surface area (Å²) >= 11 is 0. The molecule has 1 saturated carbocycles. The number of rotatable bonds is 0. The van der Waals surface area contributed by atoms with Crippen LogP contribution in [0.1, 0.15) is 32.6 Å². The second kappa shape index (κ2) is 1.72. The van der Waals surface area contributed by atoms with Crippen molar-refractivity contribution < 1.29 is 0 Å². The van der Waals surface area contributed by atoms with Crippen LogP contribution in [-0.2, 0) is 0 Å². The SMILES string of the molecule is C[C@@]12CCCC[C@@H]1CN2. The molecule has 1 nitrogen and oxygen atoms in total. The third-order valence-electron chi connectivity index (χ3n) is 3.15. The molecule has 2 fully saturated rings. The van der Waals surface area contributed by atoms with Gasteiger partial charge in [0.05, 0.1) is 0 Å². The van der Waals surface area contributed by atoms with Crippen molar-refractivity contribution in [3.63, 3.8) is 0 Å². The van der Waals surface area contributed by atoms with Crippen LogP contribution in [0.5, 0.6) is 0 Å². The van der Waals surface area contributed by atoms with E-state index >= 15 is 0 Å². The summed E-state index contributed by atoms with van der Waals surface area (Å²) in [6, 6.07) is 0. The summed E-state index contributed by atoms with van der Waals surface area (Å²) in [6.07, 6.45) is 5.81. The molecule has 2 rings (SSSR count). The van der Waals surface area contributed by atoms with E-state index in [1.54, 1.807) is 0 Å². The maximum Gasteiger partial charge on any atom is 0.0193 e. The molecule has 52 valence electrons. The number of hydrogen-bond acceptors (Lipinski definition) is 1. The van der Waals surface area contributed by atoms with Crippen LogP contribution >= 0.6 is 0 Å². The first-order chi connectivity index (χ1) is 4.31. The first-order valence-corrected chi connectivity index (χ1v) is 4.06. The third-order valence-corrected chi connectivity index (χ3v) is 3.15. The first-order valence-electron chi connectivity index (χ1n) is 4.06. The molecule has 0 spiro atoms. The molecule has 2 aliphatic rings. The lowest BCUT2D eigenvalue weighted by molar-refractivity contribution is 0.0686. The molecule has 1 heterocycles. The smallest absolute Gasteiger partial charge is 0.0193 e. The minimum Gasteiger partial charge on any atom is -0.311 e. The lowest BCUT2D eigenvalue weighted by atomic mass is 9.68. The van der Waals surface area contributed by atoms with Gasteiger partial charge in [-0.15, -0.1) is 0 Å². The van der Waals surface area contributed by atoms with Gasteiger partial charge in [-0.05, 0) is 25.7 Å². The number of fused-ring (bicyclic) bond motifs is 1. The van der Waals surface area contributed by atoms with Gasteiger partial charge in [0.1, 0.15) is 0 Å². The Balaban J connectivity index is 2.05. The predicted octanol–water partition coefficient (Wildman–Crippen LogP) is 1.54. The Bertz CT molecular complexity index is 122. The van der Waals surface area contributed by atoms with Crippen molar-refractivity contribution in [3.05, 3.63) is 0 Å². The molecule has 0 bridgehead atoms. The fourth-order valence-corrected chi connectivity index (χ4v) is 2.19. The molecule has 2 atom stereocenters. The van der Waals surface area contributed by atoms with Gasteiger partial charge < -0.3 is 5.32 Å². The normalized spacial score (nSPS) is 49.7. The van der Waals surface area contributed by atoms with Crippen molar-refractivity contribution in [1.29, 1.82) is 0 Å². The largest absolute Gasteiger partial charge is 0.311 e. The van der Waals surface area contributed by atoms with Gasteiger partial charge in [0, 0.05) is 12.1 Å². The molecule has 1 aliphatic carbocycles. The Morgan fingerprint density at radius 3 is 2.67 bits per heavy atom. The third kappa shape index (κ3) is 0.710. The van der Waals surface area contributed by atoms with Gasteiger partial charge in [-0.25, -0.2) is 0 Å². The van der Waals surface area contributed by atoms with Gasteiger partial charge in [-0.3, -0.25) is 0 Å². The van der Waals surface area contributed by atoms with Crippen molar-refractivity contribution >= 4 is 0 Å². The summed E-state index contributed by atoms with van der Waals surface area (Å²) in [5.41, 5.74) is 0.568. The van der Waals surface area contributed by atoms with E-state index in [0.29, 0.717) is 5.54 Å². The Morgan fingerprint density at radius 1 is 1.44 bits per heavy atom. The van der Waals surface area contributed by atoms with E-state index in [1.807, 2.05) is 0 Å². The van der Waals surface area contributed by atoms with E-state index in [-0.39, 0.29) is 0 Å². The molecule has 1 saturated heterocycles. The predicted molar refractivity (Wildman–Crippen MR) is 38.4 cm³/mol. The molecular weight excluding hydrogens is 110 g/mol. The van der Waals surface area contributed by atoms with Crippen LogP contribution < -0.4 is 5.32 Å². The average molecular weight is 125 g/mol. The van der Waals surface area contributed by atoms with E-state index < -0.39 is 0 Å². The first kappa shape index (κ1) is 5.72. The summed E-state index contributed by atoms with van der Waals surface area (Å²) in [4.78, 5) is 0. The zero-order valence-electron chi connectivity index (χ0n) is 6.11. The van der Waals surface area contributed by atoms with E-state index in [0.717, 1.165) is 5.92 Å². The Hall–Kier alpha value is -0.0400. The van der Waals surface area contributed by atoms with Crippen molar-refractivity contribution in [3.8, 4) is 0 Å². The molecular formula is C8H15N. The van der Waals surface area contributed by atoms with Gasteiger partial charge in [0.25, 0.3) is 0 Å². The quantitative estimate of drug-likeness (QED) is 0.518. The molecule has 0 unspecified atom stereocenters. The second-order valence-corrected chi connectivity index (χ2v) is 3.74. The maximum absolute atomic E-state index is 3.52. The molecule has 1 aliphatic heterocycles. The minimum absolute atomic E-state index is 0.568. The summed E-state index contributed by atoms with van der Waals surface area (Å²) < 4.78 is 0. The van der Waals surface area contributed by atoms with Crippen molar-refractivity contribution in [2.24, 2.45) is 5.92 Å². The number of hydrogen-bond donors (Lipinski definition) is 1. The van der Waals surface area contributed by atoms with Gasteiger partial charge in [0.15, 0.2) is 0 Å². The van der Waals surface area contributed by atoms with Gasteiger partial charge in [0.2, 0.25) is 0 Å². The Kier molecular flexibility index (Phi) is 1.10. The summed E-state index contributed by atoms with van der Waals surface area (Å²) in [7, 11) is 0. The van der Waals surface area contributed by atoms with E-state index in [1.165, 1.54) is 32.2 Å². The summed E-state index contributed by atoms with van der Waals surface area (Å²) in [6.45, 7) is 3.66. The van der Waals surface area contributed by atoms with E-state index in [4.69, 9.17) is 0 Å². The molecule has 1 heteroatoms. The molecule has 0 aromatic rings. The van der Waals surface area contributed by atoms with Crippen LogP contribution in [0.3, 0.4) is 0 Å². The molecule has 9 heavy (non-hydrogen) atoms. The highest BCUT2D eigenvalue weighted by atomic mass is 15.1. The molecule has 0 amide bonds. The van der Waals surface area contributed by atoms with Crippen LogP contribution in [0.15, 0.2) is 0 Å². The monoisotopic (exact) mass is 125 g/mol. The van der Waals surface area contributed by atoms with Crippen molar-refractivity contribution in [2.45, 2.75) is 38.1 Å². The van der Waals surface area contributed by atoms with Crippen molar-refractivity contribution in [2.75, 3.05) is 6.54 Å². The number of nitrogens with one attached hydrogen (secondary N) is 1. The molecule has 0 radical (unpaired) electrons. The topological polar surface area (TPSA) is 12.0 Å². The lowest BCUT2D eigenvalue weighted by Crippen LogP contribution is -2.64. The lowest BCUT2D eigenvalue weighted by Gasteiger charge is -2.51. The zero-order chi connectivity index (χ0) is 6.32. The van der Waals surface area contributed by atoms with E-state index in [9.17, 15) is 0 Å². The van der Waals surface area contributed by atoms with Crippen LogP contribution in [0.25, 0.3) is 0 Å². The Morgan fingerprint density at radius 2 is 2.33 bits per heavy atom. The maximum atomic E-state index is 3.52. The van der Waals surface area contributed by atoms with E-state index in [2.05, 4.69) is 12.2 Å². The van der Waals surface area contributed by atoms with Crippen molar-refractivity contribution in [1.82, 2.24) is 5.32 Å². The Labute approximate surface area is 56.8 Å². The highest BCUT2D eigenvalue weighted by Crippen LogP contribution is 2.38. The van der Waals surface area contributed by atoms with Crippen LogP contribution in [-0.4, -0.2) is 12.1 Å². The average Bonchev–Trinajstić information content (AvgIpc) is 1.82. The van der Waals surface area contributed by atoms with Crippen LogP contribution in [0.4, 0.5) is 0 Å². The second-order valence-electron chi connectivity index (χ2n) is 3.74. The highest BCUT2D eigenvalue weighted by molar-refractivity contribution is 5.02. The fraction of sp³-hybridized carbons (Fsp3) is 1.00.